The Kier molecular flexibility index (Phi) is 5.08. The summed E-state index contributed by atoms with van der Waals surface area (Å²) in [6, 6.07) is 0. The smallest absolute Gasteiger partial charge is 0.308 e. The van der Waals surface area contributed by atoms with E-state index >= 15 is 0 Å². The van der Waals surface area contributed by atoms with Crippen molar-refractivity contribution < 1.29 is 19.7 Å². The Morgan fingerprint density at radius 2 is 2.11 bits per heavy atom. The Bertz CT molecular complexity index is 423. The molecule has 1 aromatic rings. The molecular weight excluding hydrogens is 248 g/mol. The highest BCUT2D eigenvalue weighted by atomic mass is 16.5. The number of carbonyl (C=O) groups excluding carboxylic acids is 1. The lowest BCUT2D eigenvalue weighted by Crippen LogP contribution is -2.24. The minimum atomic E-state index is -1.20. The maximum atomic E-state index is 11.2. The molecule has 2 unspecified atom stereocenters. The van der Waals surface area contributed by atoms with E-state index < -0.39 is 18.2 Å². The number of nitrogens with zero attached hydrogens (tertiary/aromatic N) is 2. The Balaban J connectivity index is 2.69. The molecule has 2 N–H and O–H groups in total. The van der Waals surface area contributed by atoms with E-state index in [4.69, 9.17) is 4.74 Å². The second-order valence-electron chi connectivity index (χ2n) is 5.41. The van der Waals surface area contributed by atoms with Crippen LogP contribution in [0, 0.1) is 0 Å². The van der Waals surface area contributed by atoms with Crippen molar-refractivity contribution in [1.82, 2.24) is 9.78 Å². The maximum absolute atomic E-state index is 11.2. The molecule has 0 saturated heterocycles. The molecule has 0 amide bonds. The third-order valence-corrected chi connectivity index (χ3v) is 2.68. The minimum Gasteiger partial charge on any atom is -0.466 e. The summed E-state index contributed by atoms with van der Waals surface area (Å²) < 4.78 is 6.42. The summed E-state index contributed by atoms with van der Waals surface area (Å²) in [5.41, 5.74) is 0.274. The van der Waals surface area contributed by atoms with Crippen LogP contribution in [0.3, 0.4) is 0 Å². The van der Waals surface area contributed by atoms with Gasteiger partial charge in [0, 0.05) is 11.8 Å². The molecule has 1 heterocycles. The first kappa shape index (κ1) is 15.7. The Hall–Kier alpha value is -1.40. The fourth-order valence-electron chi connectivity index (χ4n) is 1.58. The number of hydrogen-bond donors (Lipinski definition) is 2. The average Bonchev–Trinajstić information content (AvgIpc) is 2.76. The average molecular weight is 270 g/mol. The first-order chi connectivity index (χ1) is 8.75. The van der Waals surface area contributed by atoms with Crippen molar-refractivity contribution in [3.8, 4) is 0 Å². The predicted molar refractivity (Wildman–Crippen MR) is 69.4 cm³/mol. The van der Waals surface area contributed by atoms with Gasteiger partial charge in [-0.05, 0) is 27.7 Å². The molecule has 0 radical (unpaired) electrons. The standard InChI is InChI=1S/C13H22N2O4/c1-5-19-11(17)6-10(16)12(18)9-7-14-15(8-9)13(2,3)4/h7-8,10,12,16,18H,5-6H2,1-4H3. The van der Waals surface area contributed by atoms with Crippen LogP contribution in [-0.2, 0) is 15.1 Å². The summed E-state index contributed by atoms with van der Waals surface area (Å²) in [5.74, 6) is -0.530. The quantitative estimate of drug-likeness (QED) is 0.779. The van der Waals surface area contributed by atoms with Gasteiger partial charge in [0.1, 0.15) is 6.10 Å². The molecule has 1 rings (SSSR count). The number of rotatable bonds is 5. The van der Waals surface area contributed by atoms with Crippen molar-refractivity contribution in [2.45, 2.75) is 51.9 Å². The molecule has 2 atom stereocenters. The third kappa shape index (κ3) is 4.33. The van der Waals surface area contributed by atoms with Crippen LogP contribution < -0.4 is 0 Å². The van der Waals surface area contributed by atoms with Crippen LogP contribution in [0.2, 0.25) is 0 Å². The van der Waals surface area contributed by atoms with Gasteiger partial charge in [0.15, 0.2) is 0 Å². The molecule has 0 fully saturated rings. The summed E-state index contributed by atoms with van der Waals surface area (Å²) >= 11 is 0. The van der Waals surface area contributed by atoms with Crippen LogP contribution in [0.5, 0.6) is 0 Å². The van der Waals surface area contributed by atoms with Gasteiger partial charge in [0.2, 0.25) is 0 Å². The lowest BCUT2D eigenvalue weighted by Gasteiger charge is -2.19. The Morgan fingerprint density at radius 3 is 2.58 bits per heavy atom. The summed E-state index contributed by atoms with van der Waals surface area (Å²) in [7, 11) is 0. The largest absolute Gasteiger partial charge is 0.466 e. The number of aliphatic hydroxyl groups excluding tert-OH is 2. The van der Waals surface area contributed by atoms with Crippen LogP contribution in [0.15, 0.2) is 12.4 Å². The Morgan fingerprint density at radius 1 is 1.47 bits per heavy atom. The van der Waals surface area contributed by atoms with Gasteiger partial charge in [-0.1, -0.05) is 0 Å². The van der Waals surface area contributed by atoms with Gasteiger partial charge >= 0.3 is 5.97 Å². The van der Waals surface area contributed by atoms with E-state index in [-0.39, 0.29) is 18.6 Å². The summed E-state index contributed by atoms with van der Waals surface area (Å²) in [4.78, 5) is 11.2. The number of aromatic nitrogens is 2. The van der Waals surface area contributed by atoms with E-state index in [0.29, 0.717) is 5.56 Å². The number of ether oxygens (including phenoxy) is 1. The first-order valence-electron chi connectivity index (χ1n) is 6.32. The van der Waals surface area contributed by atoms with E-state index in [1.165, 1.54) is 6.20 Å². The van der Waals surface area contributed by atoms with E-state index in [1.807, 2.05) is 20.8 Å². The van der Waals surface area contributed by atoms with Gasteiger partial charge in [0.05, 0.1) is 30.9 Å². The molecule has 0 aliphatic heterocycles. The number of carbonyl (C=O) groups is 1. The molecular formula is C13H22N2O4. The van der Waals surface area contributed by atoms with E-state index in [1.54, 1.807) is 17.8 Å². The summed E-state index contributed by atoms with van der Waals surface area (Å²) in [6.45, 7) is 7.87. The summed E-state index contributed by atoms with van der Waals surface area (Å²) in [6.07, 6.45) is 0.566. The van der Waals surface area contributed by atoms with Gasteiger partial charge in [-0.2, -0.15) is 5.10 Å². The van der Waals surface area contributed by atoms with Crippen molar-refractivity contribution in [2.24, 2.45) is 0 Å². The maximum Gasteiger partial charge on any atom is 0.308 e. The van der Waals surface area contributed by atoms with E-state index in [0.717, 1.165) is 0 Å². The zero-order valence-electron chi connectivity index (χ0n) is 11.8. The Labute approximate surface area is 113 Å². The highest BCUT2D eigenvalue weighted by molar-refractivity contribution is 5.70. The fraction of sp³-hybridized carbons (Fsp3) is 0.692. The zero-order valence-corrected chi connectivity index (χ0v) is 11.8. The van der Waals surface area contributed by atoms with Gasteiger partial charge in [-0.3, -0.25) is 9.48 Å². The lowest BCUT2D eigenvalue weighted by molar-refractivity contribution is -0.147. The number of esters is 1. The topological polar surface area (TPSA) is 84.6 Å². The van der Waals surface area contributed by atoms with Gasteiger partial charge in [0.25, 0.3) is 0 Å². The molecule has 1 aromatic heterocycles. The molecule has 108 valence electrons. The van der Waals surface area contributed by atoms with Gasteiger partial charge in [-0.15, -0.1) is 0 Å². The van der Waals surface area contributed by atoms with Crippen LogP contribution >= 0.6 is 0 Å². The van der Waals surface area contributed by atoms with Crippen LogP contribution in [0.4, 0.5) is 0 Å². The second kappa shape index (κ2) is 6.16. The summed E-state index contributed by atoms with van der Waals surface area (Å²) in [5, 5.41) is 23.9. The molecule has 0 aromatic carbocycles. The van der Waals surface area contributed by atoms with Crippen LogP contribution in [0.1, 0.15) is 45.8 Å². The molecule has 19 heavy (non-hydrogen) atoms. The highest BCUT2D eigenvalue weighted by Crippen LogP contribution is 2.21. The minimum absolute atomic E-state index is 0.204. The van der Waals surface area contributed by atoms with Gasteiger partial charge < -0.3 is 14.9 Å². The van der Waals surface area contributed by atoms with Crippen molar-refractivity contribution in [3.05, 3.63) is 18.0 Å². The third-order valence-electron chi connectivity index (χ3n) is 2.68. The highest BCUT2D eigenvalue weighted by Gasteiger charge is 2.24. The van der Waals surface area contributed by atoms with Crippen molar-refractivity contribution in [3.63, 3.8) is 0 Å². The molecule has 0 spiro atoms. The van der Waals surface area contributed by atoms with Crippen LogP contribution in [0.25, 0.3) is 0 Å². The monoisotopic (exact) mass is 270 g/mol. The predicted octanol–water partition coefficient (Wildman–Crippen LogP) is 0.986. The van der Waals surface area contributed by atoms with E-state index in [9.17, 15) is 15.0 Å². The molecule has 6 nitrogen and oxygen atoms in total. The molecule has 0 aliphatic carbocycles. The normalized spacial score (nSPS) is 15.1. The molecule has 6 heteroatoms. The van der Waals surface area contributed by atoms with Crippen LogP contribution in [-0.4, -0.2) is 38.7 Å². The second-order valence-corrected chi connectivity index (χ2v) is 5.41. The SMILES string of the molecule is CCOC(=O)CC(O)C(O)c1cnn(C(C)(C)C)c1. The first-order valence-corrected chi connectivity index (χ1v) is 6.32. The number of hydrogen-bond acceptors (Lipinski definition) is 5. The molecule has 0 bridgehead atoms. The van der Waals surface area contributed by atoms with Crippen molar-refractivity contribution in [2.75, 3.05) is 6.61 Å². The fourth-order valence-corrected chi connectivity index (χ4v) is 1.58. The zero-order chi connectivity index (χ0) is 14.6. The molecule has 0 aliphatic rings. The van der Waals surface area contributed by atoms with E-state index in [2.05, 4.69) is 5.10 Å². The van der Waals surface area contributed by atoms with Gasteiger partial charge in [-0.25, -0.2) is 0 Å². The van der Waals surface area contributed by atoms with Crippen molar-refractivity contribution >= 4 is 5.97 Å². The van der Waals surface area contributed by atoms with Crippen molar-refractivity contribution in [1.29, 1.82) is 0 Å². The lowest BCUT2D eigenvalue weighted by atomic mass is 10.1. The molecule has 0 saturated carbocycles. The number of aliphatic hydroxyl groups is 2.